The highest BCUT2D eigenvalue weighted by molar-refractivity contribution is 5.87. The Morgan fingerprint density at radius 2 is 1.73 bits per heavy atom. The van der Waals surface area contributed by atoms with Gasteiger partial charge in [0.2, 0.25) is 0 Å². The molecule has 0 radical (unpaired) electrons. The van der Waals surface area contributed by atoms with Gasteiger partial charge in [-0.1, -0.05) is 29.8 Å². The van der Waals surface area contributed by atoms with Crippen molar-refractivity contribution in [1.29, 1.82) is 0 Å². The van der Waals surface area contributed by atoms with Gasteiger partial charge in [-0.05, 0) is 38.2 Å². The average Bonchev–Trinajstić information content (AvgIpc) is 2.74. The van der Waals surface area contributed by atoms with Gasteiger partial charge < -0.3 is 0 Å². The summed E-state index contributed by atoms with van der Waals surface area (Å²) >= 11 is 0. The van der Waals surface area contributed by atoms with E-state index in [9.17, 15) is 0 Å². The van der Waals surface area contributed by atoms with Crippen molar-refractivity contribution in [3.05, 3.63) is 35.4 Å². The summed E-state index contributed by atoms with van der Waals surface area (Å²) in [6, 6.07) is 8.30. The van der Waals surface area contributed by atoms with Crippen LogP contribution in [0.5, 0.6) is 0 Å². The lowest BCUT2D eigenvalue weighted by Gasteiger charge is -1.93. The Morgan fingerprint density at radius 3 is 2.40 bits per heavy atom. The van der Waals surface area contributed by atoms with Crippen LogP contribution in [-0.4, -0.2) is 11.9 Å². The van der Waals surface area contributed by atoms with E-state index in [4.69, 9.17) is 0 Å². The first-order valence-electron chi connectivity index (χ1n) is 5.50. The van der Waals surface area contributed by atoms with Gasteiger partial charge in [0.15, 0.2) is 0 Å². The van der Waals surface area contributed by atoms with Crippen molar-refractivity contribution in [1.82, 2.24) is 0 Å². The molecule has 1 aromatic rings. The van der Waals surface area contributed by atoms with Crippen molar-refractivity contribution in [3.8, 4) is 0 Å². The van der Waals surface area contributed by atoms with Gasteiger partial charge in [-0.15, -0.1) is 0 Å². The van der Waals surface area contributed by atoms with Crippen LogP contribution in [0.3, 0.4) is 0 Å². The van der Waals surface area contributed by atoms with Gasteiger partial charge in [0.25, 0.3) is 0 Å². The fourth-order valence-electron chi connectivity index (χ4n) is 1.71. The molecule has 0 aliphatic heterocycles. The fraction of sp³-hybridized carbons (Fsp3) is 0.385. The van der Waals surface area contributed by atoms with Crippen molar-refractivity contribution in [2.75, 3.05) is 0 Å². The molecule has 15 heavy (non-hydrogen) atoms. The minimum atomic E-state index is 1.11. The number of aryl methyl sites for hydroxylation is 1. The van der Waals surface area contributed by atoms with Crippen LogP contribution in [0.2, 0.25) is 0 Å². The largest absolute Gasteiger partial charge is 0.160 e. The Hall–Kier alpha value is -1.44. The van der Waals surface area contributed by atoms with E-state index in [1.807, 2.05) is 6.21 Å². The van der Waals surface area contributed by atoms with Crippen LogP contribution < -0.4 is 0 Å². The summed E-state index contributed by atoms with van der Waals surface area (Å²) in [4.78, 5) is 0. The summed E-state index contributed by atoms with van der Waals surface area (Å²) in [5, 5.41) is 8.34. The summed E-state index contributed by atoms with van der Waals surface area (Å²) in [5.74, 6) is 0. The van der Waals surface area contributed by atoms with Crippen LogP contribution in [-0.2, 0) is 0 Å². The monoisotopic (exact) mass is 200 g/mol. The van der Waals surface area contributed by atoms with Gasteiger partial charge in [-0.3, -0.25) is 0 Å². The lowest BCUT2D eigenvalue weighted by Crippen LogP contribution is -1.86. The molecule has 0 bridgehead atoms. The molecule has 0 aromatic heterocycles. The number of benzene rings is 1. The van der Waals surface area contributed by atoms with Gasteiger partial charge in [-0.2, -0.15) is 10.2 Å². The Labute approximate surface area is 90.7 Å². The van der Waals surface area contributed by atoms with Crippen LogP contribution in [0, 0.1) is 6.92 Å². The molecule has 0 heterocycles. The molecule has 2 nitrogen and oxygen atoms in total. The summed E-state index contributed by atoms with van der Waals surface area (Å²) in [7, 11) is 0. The Balaban J connectivity index is 1.98. The molecular weight excluding hydrogens is 184 g/mol. The molecule has 0 spiro atoms. The van der Waals surface area contributed by atoms with Crippen LogP contribution in [0.15, 0.2) is 34.5 Å². The first kappa shape index (κ1) is 10.1. The third-order valence-electron chi connectivity index (χ3n) is 2.66. The molecule has 1 aliphatic carbocycles. The van der Waals surface area contributed by atoms with E-state index in [0.29, 0.717) is 0 Å². The molecule has 78 valence electrons. The average molecular weight is 200 g/mol. The second kappa shape index (κ2) is 4.87. The van der Waals surface area contributed by atoms with Gasteiger partial charge >= 0.3 is 0 Å². The zero-order chi connectivity index (χ0) is 10.5. The second-order valence-electron chi connectivity index (χ2n) is 4.03. The maximum absolute atomic E-state index is 4.23. The molecule has 0 saturated heterocycles. The molecule has 1 aromatic carbocycles. The van der Waals surface area contributed by atoms with Crippen molar-refractivity contribution in [2.45, 2.75) is 32.6 Å². The molecule has 2 rings (SSSR count). The second-order valence-corrected chi connectivity index (χ2v) is 4.03. The van der Waals surface area contributed by atoms with Gasteiger partial charge in [0, 0.05) is 5.71 Å². The molecular formula is C13H16N2. The van der Waals surface area contributed by atoms with Crippen LogP contribution in [0.25, 0.3) is 0 Å². The highest BCUT2D eigenvalue weighted by atomic mass is 15.2. The minimum absolute atomic E-state index is 1.11. The zero-order valence-corrected chi connectivity index (χ0v) is 9.11. The van der Waals surface area contributed by atoms with E-state index in [2.05, 4.69) is 41.4 Å². The lowest BCUT2D eigenvalue weighted by atomic mass is 10.2. The van der Waals surface area contributed by atoms with Crippen LogP contribution in [0.4, 0.5) is 0 Å². The molecule has 0 unspecified atom stereocenters. The Kier molecular flexibility index (Phi) is 3.28. The summed E-state index contributed by atoms with van der Waals surface area (Å²) in [5.41, 5.74) is 3.63. The first-order valence-corrected chi connectivity index (χ1v) is 5.50. The standard InChI is InChI=1S/C13H16N2/c1-11-6-8-12(9-7-11)10-14-15-13-4-2-3-5-13/h6-10H,2-5H2,1H3. The molecule has 0 N–H and O–H groups in total. The van der Waals surface area contributed by atoms with Crippen molar-refractivity contribution >= 4 is 11.9 Å². The SMILES string of the molecule is Cc1ccc(C=NN=C2CCCC2)cc1. The van der Waals surface area contributed by atoms with Crippen LogP contribution in [0.1, 0.15) is 36.8 Å². The molecule has 1 saturated carbocycles. The van der Waals surface area contributed by atoms with E-state index in [1.54, 1.807) is 0 Å². The normalized spacial score (nSPS) is 16.2. The van der Waals surface area contributed by atoms with E-state index in [1.165, 1.54) is 24.1 Å². The molecule has 0 amide bonds. The smallest absolute Gasteiger partial charge is 0.0568 e. The summed E-state index contributed by atoms with van der Waals surface area (Å²) in [6.45, 7) is 2.08. The van der Waals surface area contributed by atoms with Crippen molar-refractivity contribution in [3.63, 3.8) is 0 Å². The van der Waals surface area contributed by atoms with Crippen molar-refractivity contribution in [2.24, 2.45) is 10.2 Å². The number of nitrogens with zero attached hydrogens (tertiary/aromatic N) is 2. The fourth-order valence-corrected chi connectivity index (χ4v) is 1.71. The Bertz CT molecular complexity index is 366. The molecule has 0 atom stereocenters. The van der Waals surface area contributed by atoms with Gasteiger partial charge in [0.1, 0.15) is 0 Å². The van der Waals surface area contributed by atoms with E-state index >= 15 is 0 Å². The predicted molar refractivity (Wildman–Crippen MR) is 64.7 cm³/mol. The van der Waals surface area contributed by atoms with Crippen LogP contribution >= 0.6 is 0 Å². The van der Waals surface area contributed by atoms with E-state index < -0.39 is 0 Å². The molecule has 1 fully saturated rings. The molecule has 2 heteroatoms. The Morgan fingerprint density at radius 1 is 1.07 bits per heavy atom. The van der Waals surface area contributed by atoms with Gasteiger partial charge in [0.05, 0.1) is 6.21 Å². The molecule has 1 aliphatic rings. The zero-order valence-electron chi connectivity index (χ0n) is 9.11. The third-order valence-corrected chi connectivity index (χ3v) is 2.66. The van der Waals surface area contributed by atoms with E-state index in [-0.39, 0.29) is 0 Å². The minimum Gasteiger partial charge on any atom is -0.160 e. The number of rotatable bonds is 2. The number of hydrogen-bond acceptors (Lipinski definition) is 2. The maximum atomic E-state index is 4.23. The van der Waals surface area contributed by atoms with Crippen molar-refractivity contribution < 1.29 is 0 Å². The topological polar surface area (TPSA) is 24.7 Å². The van der Waals surface area contributed by atoms with E-state index in [0.717, 1.165) is 18.4 Å². The maximum Gasteiger partial charge on any atom is 0.0568 e. The predicted octanol–water partition coefficient (Wildman–Crippen LogP) is 3.34. The lowest BCUT2D eigenvalue weighted by molar-refractivity contribution is 0.886. The summed E-state index contributed by atoms with van der Waals surface area (Å²) in [6.07, 6.45) is 6.64. The van der Waals surface area contributed by atoms with Gasteiger partial charge in [-0.25, -0.2) is 0 Å². The quantitative estimate of drug-likeness (QED) is 0.516. The number of hydrogen-bond donors (Lipinski definition) is 0. The highest BCUT2D eigenvalue weighted by Gasteiger charge is 2.06. The summed E-state index contributed by atoms with van der Waals surface area (Å²) < 4.78 is 0. The highest BCUT2D eigenvalue weighted by Crippen LogP contribution is 2.14. The third kappa shape index (κ3) is 3.01. The first-order chi connectivity index (χ1) is 7.34.